The highest BCUT2D eigenvalue weighted by Gasteiger charge is 2.16. The van der Waals surface area contributed by atoms with Crippen molar-refractivity contribution in [2.45, 2.75) is 13.3 Å². The van der Waals surface area contributed by atoms with E-state index in [1.54, 1.807) is 12.1 Å². The van der Waals surface area contributed by atoms with E-state index >= 15 is 0 Å². The number of Topliss-reactive ketones (excluding diaryl/α,β-unsaturated/α-hetero) is 1. The Kier molecular flexibility index (Phi) is 6.89. The lowest BCUT2D eigenvalue weighted by atomic mass is 10.1. The van der Waals surface area contributed by atoms with E-state index in [9.17, 15) is 14.9 Å². The third-order valence-corrected chi connectivity index (χ3v) is 3.90. The zero-order valence-corrected chi connectivity index (χ0v) is 15.1. The number of anilines is 1. The molecule has 2 aromatic carbocycles. The van der Waals surface area contributed by atoms with E-state index in [4.69, 9.17) is 10.5 Å². The molecule has 0 heterocycles. The van der Waals surface area contributed by atoms with Gasteiger partial charge in [0.15, 0.2) is 0 Å². The first-order chi connectivity index (χ1) is 13.5. The maximum Gasteiger partial charge on any atom is 0.270 e. The first-order valence-electron chi connectivity index (χ1n) is 8.36. The van der Waals surface area contributed by atoms with Crippen LogP contribution in [0.3, 0.4) is 0 Å². The molecule has 0 aliphatic rings. The summed E-state index contributed by atoms with van der Waals surface area (Å²) in [6, 6.07) is 14.2. The number of hydrogen-bond donors (Lipinski definition) is 0. The van der Waals surface area contributed by atoms with Gasteiger partial charge in [0.25, 0.3) is 11.5 Å². The minimum Gasteiger partial charge on any atom is -0.371 e. The standard InChI is InChI=1S/C19H16N6O3/c1-2-24(11-3-10-20)15-6-4-14(5-7-15)22-23-18-9-8-16(25(27)28)12-17(18)19(26)13-21/h4-9,12H,2-3,11H2,1H3. The van der Waals surface area contributed by atoms with Crippen molar-refractivity contribution in [3.63, 3.8) is 0 Å². The molecule has 28 heavy (non-hydrogen) atoms. The zero-order valence-electron chi connectivity index (χ0n) is 15.1. The Morgan fingerprint density at radius 1 is 1.18 bits per heavy atom. The molecule has 0 radical (unpaired) electrons. The summed E-state index contributed by atoms with van der Waals surface area (Å²) in [4.78, 5) is 24.0. The fourth-order valence-corrected chi connectivity index (χ4v) is 2.46. The molecule has 0 saturated carbocycles. The number of non-ortho nitro benzene ring substituents is 1. The van der Waals surface area contributed by atoms with E-state index in [0.29, 0.717) is 18.7 Å². The maximum absolute atomic E-state index is 11.7. The predicted molar refractivity (Wildman–Crippen MR) is 102 cm³/mol. The average molecular weight is 376 g/mol. The van der Waals surface area contributed by atoms with Crippen LogP contribution in [0.25, 0.3) is 0 Å². The lowest BCUT2D eigenvalue weighted by Crippen LogP contribution is -2.23. The van der Waals surface area contributed by atoms with E-state index in [0.717, 1.165) is 18.3 Å². The van der Waals surface area contributed by atoms with Crippen LogP contribution in [0.2, 0.25) is 0 Å². The normalized spacial score (nSPS) is 10.2. The number of nitro groups is 1. The van der Waals surface area contributed by atoms with Crippen LogP contribution in [0.15, 0.2) is 52.7 Å². The van der Waals surface area contributed by atoms with Crippen molar-refractivity contribution in [1.82, 2.24) is 0 Å². The third-order valence-electron chi connectivity index (χ3n) is 3.90. The van der Waals surface area contributed by atoms with Gasteiger partial charge in [-0.2, -0.15) is 15.6 Å². The molecule has 0 amide bonds. The fourth-order valence-electron chi connectivity index (χ4n) is 2.46. The van der Waals surface area contributed by atoms with Gasteiger partial charge in [-0.1, -0.05) is 0 Å². The minimum absolute atomic E-state index is 0.0745. The molecule has 140 valence electrons. The molecular formula is C19H16N6O3. The van der Waals surface area contributed by atoms with Gasteiger partial charge in [0.2, 0.25) is 0 Å². The van der Waals surface area contributed by atoms with Crippen LogP contribution >= 0.6 is 0 Å². The lowest BCUT2D eigenvalue weighted by Gasteiger charge is -2.21. The summed E-state index contributed by atoms with van der Waals surface area (Å²) in [6.45, 7) is 3.37. The van der Waals surface area contributed by atoms with Gasteiger partial charge in [-0.05, 0) is 37.3 Å². The number of nitro benzene ring substituents is 1. The van der Waals surface area contributed by atoms with Gasteiger partial charge in [-0.3, -0.25) is 14.9 Å². The smallest absolute Gasteiger partial charge is 0.270 e. The van der Waals surface area contributed by atoms with Gasteiger partial charge in [0.1, 0.15) is 6.07 Å². The van der Waals surface area contributed by atoms with E-state index in [1.807, 2.05) is 24.0 Å². The van der Waals surface area contributed by atoms with Gasteiger partial charge < -0.3 is 4.90 Å². The summed E-state index contributed by atoms with van der Waals surface area (Å²) in [7, 11) is 0. The number of carbonyl (C=O) groups is 1. The minimum atomic E-state index is -0.927. The topological polar surface area (TPSA) is 136 Å². The Bertz CT molecular complexity index is 986. The quantitative estimate of drug-likeness (QED) is 0.219. The second-order valence-corrected chi connectivity index (χ2v) is 5.60. The van der Waals surface area contributed by atoms with Crippen molar-refractivity contribution in [2.24, 2.45) is 10.2 Å². The molecule has 2 aromatic rings. The molecule has 0 saturated heterocycles. The molecule has 0 spiro atoms. The molecule has 0 bridgehead atoms. The van der Waals surface area contributed by atoms with Crippen LogP contribution in [0.1, 0.15) is 23.7 Å². The number of carbonyl (C=O) groups excluding carboxylic acids is 1. The molecule has 9 nitrogen and oxygen atoms in total. The summed E-state index contributed by atoms with van der Waals surface area (Å²) in [5.74, 6) is -0.927. The Morgan fingerprint density at radius 3 is 2.46 bits per heavy atom. The SMILES string of the molecule is CCN(CCC#N)c1ccc(N=Nc2ccc([N+](=O)[O-])cc2C(=O)C#N)cc1. The van der Waals surface area contributed by atoms with E-state index in [1.165, 1.54) is 18.2 Å². The second kappa shape index (κ2) is 9.55. The van der Waals surface area contributed by atoms with Crippen LogP contribution in [-0.4, -0.2) is 23.8 Å². The predicted octanol–water partition coefficient (Wildman–Crippen LogP) is 4.46. The van der Waals surface area contributed by atoms with Crippen LogP contribution < -0.4 is 4.90 Å². The monoisotopic (exact) mass is 376 g/mol. The van der Waals surface area contributed by atoms with Gasteiger partial charge in [0, 0.05) is 30.9 Å². The molecule has 2 rings (SSSR count). The summed E-state index contributed by atoms with van der Waals surface area (Å²) in [5, 5.41) is 36.4. The van der Waals surface area contributed by atoms with E-state index < -0.39 is 10.7 Å². The lowest BCUT2D eigenvalue weighted by molar-refractivity contribution is -0.384. The zero-order chi connectivity index (χ0) is 20.5. The number of nitriles is 2. The molecule has 0 unspecified atom stereocenters. The highest BCUT2D eigenvalue weighted by atomic mass is 16.6. The number of benzene rings is 2. The van der Waals surface area contributed by atoms with Crippen LogP contribution in [0.5, 0.6) is 0 Å². The highest BCUT2D eigenvalue weighted by molar-refractivity contribution is 6.11. The van der Waals surface area contributed by atoms with Crippen molar-refractivity contribution in [3.8, 4) is 12.1 Å². The molecule has 0 aromatic heterocycles. The summed E-state index contributed by atoms with van der Waals surface area (Å²) in [5.41, 5.74) is 1.04. The van der Waals surface area contributed by atoms with E-state index in [-0.39, 0.29) is 16.9 Å². The molecule has 0 aliphatic heterocycles. The largest absolute Gasteiger partial charge is 0.371 e. The molecule has 0 N–H and O–H groups in total. The summed E-state index contributed by atoms with van der Waals surface area (Å²) >= 11 is 0. The van der Waals surface area contributed by atoms with Gasteiger partial charge in [-0.15, -0.1) is 5.11 Å². The van der Waals surface area contributed by atoms with Crippen molar-refractivity contribution in [1.29, 1.82) is 10.5 Å². The molecule has 0 fully saturated rings. The van der Waals surface area contributed by atoms with Crippen LogP contribution in [0.4, 0.5) is 22.7 Å². The van der Waals surface area contributed by atoms with E-state index in [2.05, 4.69) is 16.3 Å². The molecule has 9 heteroatoms. The number of azo groups is 1. The Labute approximate surface area is 161 Å². The Hall–Kier alpha value is -4.11. The third kappa shape index (κ3) is 4.96. The van der Waals surface area contributed by atoms with Crippen LogP contribution in [-0.2, 0) is 0 Å². The van der Waals surface area contributed by atoms with Crippen molar-refractivity contribution < 1.29 is 9.72 Å². The molecule has 0 atom stereocenters. The number of rotatable bonds is 8. The van der Waals surface area contributed by atoms with Gasteiger partial charge >= 0.3 is 0 Å². The Balaban J connectivity index is 2.26. The highest BCUT2D eigenvalue weighted by Crippen LogP contribution is 2.27. The average Bonchev–Trinajstić information content (AvgIpc) is 2.72. The summed E-state index contributed by atoms with van der Waals surface area (Å²) < 4.78 is 0. The first kappa shape index (κ1) is 20.2. The van der Waals surface area contributed by atoms with Gasteiger partial charge in [0.05, 0.1) is 34.4 Å². The second-order valence-electron chi connectivity index (χ2n) is 5.60. The van der Waals surface area contributed by atoms with Crippen LogP contribution in [0, 0.1) is 32.8 Å². The number of nitrogens with zero attached hydrogens (tertiary/aromatic N) is 6. The first-order valence-corrected chi connectivity index (χ1v) is 8.36. The fraction of sp³-hybridized carbons (Fsp3) is 0.211. The van der Waals surface area contributed by atoms with Crippen molar-refractivity contribution in [2.75, 3.05) is 18.0 Å². The number of hydrogen-bond acceptors (Lipinski definition) is 8. The number of ketones is 1. The summed E-state index contributed by atoms with van der Waals surface area (Å²) in [6.07, 6.45) is 0.422. The van der Waals surface area contributed by atoms with Gasteiger partial charge in [-0.25, -0.2) is 0 Å². The maximum atomic E-state index is 11.7. The van der Waals surface area contributed by atoms with Crippen molar-refractivity contribution >= 4 is 28.5 Å². The van der Waals surface area contributed by atoms with Crippen molar-refractivity contribution in [3.05, 3.63) is 58.1 Å². The Morgan fingerprint density at radius 2 is 1.89 bits per heavy atom. The molecule has 0 aliphatic carbocycles. The molecular weight excluding hydrogens is 360 g/mol.